The Balaban J connectivity index is 0.000000341. The van der Waals surface area contributed by atoms with E-state index in [1.807, 2.05) is 0 Å². The second-order valence-corrected chi connectivity index (χ2v) is 3.63. The molecule has 1 aromatic rings. The number of benzene rings is 1. The first-order chi connectivity index (χ1) is 8.60. The minimum Gasteiger partial charge on any atom is -0.465 e. The zero-order valence-electron chi connectivity index (χ0n) is 10.5. The molecule has 6 heteroatoms. The molecule has 2 rings (SSSR count). The normalized spacial score (nSPS) is 12.8. The molecule has 0 aromatic heterocycles. The number of nitrogens with two attached hydrogens (primary N) is 1. The molecule has 1 aromatic carbocycles. The molecular weight excluding hydrogens is 239 g/mol. The van der Waals surface area contributed by atoms with E-state index in [0.717, 1.165) is 19.3 Å². The number of methoxy groups -OCH3 is 1. The van der Waals surface area contributed by atoms with Gasteiger partial charge in [-0.25, -0.2) is 9.18 Å². The number of nitrogens with one attached hydrogen (secondary N) is 1. The third kappa shape index (κ3) is 3.59. The molecule has 0 amide bonds. The van der Waals surface area contributed by atoms with Crippen LogP contribution in [0.4, 0.5) is 15.8 Å². The van der Waals surface area contributed by atoms with Crippen LogP contribution in [0.3, 0.4) is 0 Å². The van der Waals surface area contributed by atoms with E-state index in [4.69, 9.17) is 10.5 Å². The van der Waals surface area contributed by atoms with Crippen LogP contribution in [0.15, 0.2) is 12.1 Å². The van der Waals surface area contributed by atoms with Crippen molar-refractivity contribution in [3.05, 3.63) is 23.5 Å². The van der Waals surface area contributed by atoms with Crippen molar-refractivity contribution in [2.75, 3.05) is 38.4 Å². The van der Waals surface area contributed by atoms with Crippen LogP contribution < -0.4 is 11.1 Å². The highest BCUT2D eigenvalue weighted by atomic mass is 19.1. The molecule has 0 unspecified atom stereocenters. The molecule has 3 N–H and O–H groups in total. The van der Waals surface area contributed by atoms with Gasteiger partial charge in [0, 0.05) is 20.3 Å². The average molecular weight is 256 g/mol. The summed E-state index contributed by atoms with van der Waals surface area (Å²) < 4.78 is 22.3. The van der Waals surface area contributed by atoms with Crippen LogP contribution in [0, 0.1) is 5.82 Å². The van der Waals surface area contributed by atoms with Gasteiger partial charge >= 0.3 is 5.97 Å². The van der Waals surface area contributed by atoms with E-state index in [9.17, 15) is 9.18 Å². The predicted octanol–water partition coefficient (Wildman–Crippen LogP) is 1.64. The molecule has 0 atom stereocenters. The second-order valence-electron chi connectivity index (χ2n) is 3.63. The molecule has 1 aliphatic rings. The second kappa shape index (κ2) is 6.80. The van der Waals surface area contributed by atoms with Gasteiger partial charge in [-0.3, -0.25) is 0 Å². The molecule has 1 saturated heterocycles. The van der Waals surface area contributed by atoms with Gasteiger partial charge in [-0.05, 0) is 18.6 Å². The molecule has 100 valence electrons. The Morgan fingerprint density at radius 2 is 2.06 bits per heavy atom. The van der Waals surface area contributed by atoms with Crippen molar-refractivity contribution >= 4 is 17.3 Å². The number of esters is 1. The van der Waals surface area contributed by atoms with Gasteiger partial charge in [0.25, 0.3) is 0 Å². The Morgan fingerprint density at radius 1 is 1.50 bits per heavy atom. The Kier molecular flexibility index (Phi) is 5.38. The van der Waals surface area contributed by atoms with Gasteiger partial charge < -0.3 is 20.5 Å². The summed E-state index contributed by atoms with van der Waals surface area (Å²) >= 11 is 0. The fourth-order valence-electron chi connectivity index (χ4n) is 1.20. The first-order valence-corrected chi connectivity index (χ1v) is 5.53. The number of halogens is 1. The lowest BCUT2D eigenvalue weighted by Gasteiger charge is -2.09. The first kappa shape index (κ1) is 14.2. The quantitative estimate of drug-likeness (QED) is 0.621. The van der Waals surface area contributed by atoms with Crippen molar-refractivity contribution in [2.45, 2.75) is 6.42 Å². The van der Waals surface area contributed by atoms with Crippen molar-refractivity contribution in [1.29, 1.82) is 0 Å². The van der Waals surface area contributed by atoms with Crippen LogP contribution in [-0.2, 0) is 9.47 Å². The summed E-state index contributed by atoms with van der Waals surface area (Å²) in [6, 6.07) is 2.48. The van der Waals surface area contributed by atoms with E-state index in [0.29, 0.717) is 5.69 Å². The minimum absolute atomic E-state index is 0.0137. The fraction of sp³-hybridized carbons (Fsp3) is 0.417. The number of hydrogen-bond acceptors (Lipinski definition) is 5. The van der Waals surface area contributed by atoms with Crippen molar-refractivity contribution < 1.29 is 18.7 Å². The van der Waals surface area contributed by atoms with Crippen molar-refractivity contribution in [1.82, 2.24) is 0 Å². The van der Waals surface area contributed by atoms with Crippen LogP contribution >= 0.6 is 0 Å². The van der Waals surface area contributed by atoms with Crippen molar-refractivity contribution in [3.8, 4) is 0 Å². The van der Waals surface area contributed by atoms with Crippen LogP contribution in [0.25, 0.3) is 0 Å². The van der Waals surface area contributed by atoms with Crippen molar-refractivity contribution in [2.24, 2.45) is 0 Å². The van der Waals surface area contributed by atoms with Crippen LogP contribution in [0.2, 0.25) is 0 Å². The van der Waals surface area contributed by atoms with Gasteiger partial charge in [0.05, 0.1) is 24.0 Å². The third-order valence-electron chi connectivity index (χ3n) is 2.40. The summed E-state index contributed by atoms with van der Waals surface area (Å²) in [5.74, 6) is -1.24. The standard InChI is InChI=1S/C9H11FN2O2.C3H6O/c1-12-7-4-5(9(13)14-2)3-6(10)8(7)11;1-2-4-3-1/h3-4,12H,11H2,1-2H3;1-3H2. The van der Waals surface area contributed by atoms with Gasteiger partial charge in [0.15, 0.2) is 0 Å². The molecule has 1 fully saturated rings. The lowest BCUT2D eigenvalue weighted by Crippen LogP contribution is -2.09. The summed E-state index contributed by atoms with van der Waals surface area (Å²) in [6.45, 7) is 2.00. The topological polar surface area (TPSA) is 73.6 Å². The number of carbonyl (C=O) groups excluding carboxylic acids is 1. The summed E-state index contributed by atoms with van der Waals surface area (Å²) in [7, 11) is 2.82. The molecule has 1 aliphatic heterocycles. The first-order valence-electron chi connectivity index (χ1n) is 5.53. The molecule has 0 spiro atoms. The Morgan fingerprint density at radius 3 is 2.44 bits per heavy atom. The lowest BCUT2D eigenvalue weighted by atomic mass is 10.1. The molecule has 0 saturated carbocycles. The summed E-state index contributed by atoms with van der Waals surface area (Å²) in [6.07, 6.45) is 1.28. The Hall–Kier alpha value is -1.82. The summed E-state index contributed by atoms with van der Waals surface area (Å²) in [4.78, 5) is 11.1. The molecule has 5 nitrogen and oxygen atoms in total. The zero-order chi connectivity index (χ0) is 13.5. The lowest BCUT2D eigenvalue weighted by molar-refractivity contribution is 0.0367. The fourth-order valence-corrected chi connectivity index (χ4v) is 1.20. The van der Waals surface area contributed by atoms with Crippen molar-refractivity contribution in [3.63, 3.8) is 0 Å². The maximum Gasteiger partial charge on any atom is 0.338 e. The van der Waals surface area contributed by atoms with Crippen LogP contribution in [0.1, 0.15) is 16.8 Å². The van der Waals surface area contributed by atoms with Gasteiger partial charge in [-0.1, -0.05) is 0 Å². The van der Waals surface area contributed by atoms with E-state index in [-0.39, 0.29) is 11.3 Å². The molecule has 1 heterocycles. The smallest absolute Gasteiger partial charge is 0.338 e. The molecule has 0 bridgehead atoms. The van der Waals surface area contributed by atoms with E-state index in [1.165, 1.54) is 19.6 Å². The van der Waals surface area contributed by atoms with E-state index in [1.54, 1.807) is 7.05 Å². The summed E-state index contributed by atoms with van der Waals surface area (Å²) in [5, 5.41) is 2.68. The number of anilines is 2. The van der Waals surface area contributed by atoms with E-state index in [2.05, 4.69) is 10.1 Å². The number of carbonyl (C=O) groups is 1. The highest BCUT2D eigenvalue weighted by molar-refractivity contribution is 5.92. The molecular formula is C12H17FN2O3. The van der Waals surface area contributed by atoms with Gasteiger partial charge in [-0.2, -0.15) is 0 Å². The SMILES string of the molecule is C1COC1.CNc1cc(C(=O)OC)cc(F)c1N. The van der Waals surface area contributed by atoms with Gasteiger partial charge in [0.2, 0.25) is 0 Å². The summed E-state index contributed by atoms with van der Waals surface area (Å²) in [5.41, 5.74) is 5.89. The Labute approximate surface area is 105 Å². The van der Waals surface area contributed by atoms with E-state index >= 15 is 0 Å². The number of hydrogen-bond donors (Lipinski definition) is 2. The molecule has 0 aliphatic carbocycles. The van der Waals surface area contributed by atoms with E-state index < -0.39 is 11.8 Å². The number of nitrogen functional groups attached to an aromatic ring is 1. The predicted molar refractivity (Wildman–Crippen MR) is 67.1 cm³/mol. The maximum atomic E-state index is 13.2. The van der Waals surface area contributed by atoms with Crippen LogP contribution in [0.5, 0.6) is 0 Å². The maximum absolute atomic E-state index is 13.2. The zero-order valence-corrected chi connectivity index (χ0v) is 10.5. The average Bonchev–Trinajstić information content (AvgIpc) is 2.29. The third-order valence-corrected chi connectivity index (χ3v) is 2.40. The van der Waals surface area contributed by atoms with Gasteiger partial charge in [-0.15, -0.1) is 0 Å². The monoisotopic (exact) mass is 256 g/mol. The minimum atomic E-state index is -0.641. The molecule has 0 radical (unpaired) electrons. The van der Waals surface area contributed by atoms with Gasteiger partial charge in [0.1, 0.15) is 5.82 Å². The highest BCUT2D eigenvalue weighted by Crippen LogP contribution is 2.23. The molecule has 18 heavy (non-hydrogen) atoms. The number of rotatable bonds is 2. The Bertz CT molecular complexity index is 416. The largest absolute Gasteiger partial charge is 0.465 e. The van der Waals surface area contributed by atoms with Crippen LogP contribution in [-0.4, -0.2) is 33.3 Å². The number of ether oxygens (including phenoxy) is 2. The highest BCUT2D eigenvalue weighted by Gasteiger charge is 2.12.